The van der Waals surface area contributed by atoms with Crippen molar-refractivity contribution in [1.82, 2.24) is 4.90 Å². The van der Waals surface area contributed by atoms with Crippen LogP contribution in [0.15, 0.2) is 71.1 Å². The van der Waals surface area contributed by atoms with E-state index in [0.29, 0.717) is 23.5 Å². The molecular formula is C33H35N3O6S. The quantitative estimate of drug-likeness (QED) is 0.144. The highest BCUT2D eigenvalue weighted by molar-refractivity contribution is 7.80. The minimum absolute atomic E-state index is 0.231. The molecule has 2 unspecified atom stereocenters. The van der Waals surface area contributed by atoms with Gasteiger partial charge < -0.3 is 14.5 Å². The van der Waals surface area contributed by atoms with E-state index in [0.717, 1.165) is 31.9 Å². The summed E-state index contributed by atoms with van der Waals surface area (Å²) in [6, 6.07) is 18.9. The van der Waals surface area contributed by atoms with E-state index < -0.39 is 23.3 Å². The third kappa shape index (κ3) is 7.14. The van der Waals surface area contributed by atoms with Crippen molar-refractivity contribution in [2.45, 2.75) is 26.8 Å². The van der Waals surface area contributed by atoms with Crippen LogP contribution >= 0.6 is 0 Å². The summed E-state index contributed by atoms with van der Waals surface area (Å²) in [4.78, 5) is 27.5. The molecule has 1 amide bonds. The summed E-state index contributed by atoms with van der Waals surface area (Å²) in [7, 11) is 5.16. The number of nitrogens with zero attached hydrogens (tertiary/aromatic N) is 2. The minimum atomic E-state index is -2.44. The van der Waals surface area contributed by atoms with Gasteiger partial charge in [0, 0.05) is 22.2 Å². The number of carbonyl (C=O) groups is 2. The lowest BCUT2D eigenvalue weighted by molar-refractivity contribution is -0.142. The number of methoxy groups -OCH3 is 1. The van der Waals surface area contributed by atoms with E-state index >= 15 is 0 Å². The van der Waals surface area contributed by atoms with E-state index in [-0.39, 0.29) is 17.6 Å². The molecule has 0 radical (unpaired) electrons. The molecule has 10 heteroatoms. The highest BCUT2D eigenvalue weighted by atomic mass is 32.2. The predicted octanol–water partition coefficient (Wildman–Crippen LogP) is 5.71. The molecule has 0 spiro atoms. The van der Waals surface area contributed by atoms with Crippen molar-refractivity contribution in [1.29, 1.82) is 0 Å². The first kappa shape index (κ1) is 31.5. The number of anilines is 2. The zero-order chi connectivity index (χ0) is 31.3. The van der Waals surface area contributed by atoms with Crippen LogP contribution in [0.1, 0.15) is 35.5 Å². The molecule has 224 valence electrons. The van der Waals surface area contributed by atoms with Gasteiger partial charge in [0.2, 0.25) is 0 Å². The van der Waals surface area contributed by atoms with Gasteiger partial charge in [-0.25, -0.2) is 9.00 Å². The summed E-state index contributed by atoms with van der Waals surface area (Å²) in [5, 5.41) is 3.73. The first-order valence-corrected chi connectivity index (χ1v) is 14.7. The molecule has 1 heterocycles. The van der Waals surface area contributed by atoms with Crippen LogP contribution < -0.4 is 9.62 Å². The second kappa shape index (κ2) is 13.7. The van der Waals surface area contributed by atoms with Crippen molar-refractivity contribution in [2.75, 3.05) is 37.4 Å². The van der Waals surface area contributed by atoms with Gasteiger partial charge in [0.1, 0.15) is 11.6 Å². The Labute approximate surface area is 254 Å². The number of hydrogen-bond acceptors (Lipinski definition) is 6. The smallest absolute Gasteiger partial charge is 0.329 e. The standard InChI is InChI=1S/C33H35N3O6S/c1-21(2)30(33(38)41-6)36(43(39)40)27-18-14-24(15-19-27)23-12-16-26(17-13-23)34-32(37)31-22(3)29-25(10-8-20-35(4)5)9-7-11-28(29)42-31/h7,9,11-19,21,30H,20H2,1-6H3,(H,34,37)(H,39,40). The number of aryl methyl sites for hydroxylation is 1. The molecule has 2 atom stereocenters. The van der Waals surface area contributed by atoms with Crippen LogP contribution in [0, 0.1) is 24.7 Å². The van der Waals surface area contributed by atoms with Gasteiger partial charge in [0.25, 0.3) is 17.2 Å². The Morgan fingerprint density at radius 2 is 1.65 bits per heavy atom. The van der Waals surface area contributed by atoms with Crippen LogP contribution in [0.2, 0.25) is 0 Å². The van der Waals surface area contributed by atoms with Crippen molar-refractivity contribution in [3.8, 4) is 23.0 Å². The molecule has 0 saturated heterocycles. The van der Waals surface area contributed by atoms with Crippen molar-refractivity contribution >= 4 is 45.5 Å². The molecule has 4 rings (SSSR count). The lowest BCUT2D eigenvalue weighted by atomic mass is 10.0. The van der Waals surface area contributed by atoms with Gasteiger partial charge in [0.15, 0.2) is 5.76 Å². The van der Waals surface area contributed by atoms with Gasteiger partial charge >= 0.3 is 5.97 Å². The topological polar surface area (TPSA) is 112 Å². The van der Waals surface area contributed by atoms with Crippen LogP contribution in [-0.2, 0) is 20.8 Å². The highest BCUT2D eigenvalue weighted by Gasteiger charge is 2.33. The van der Waals surface area contributed by atoms with E-state index in [1.54, 1.807) is 50.2 Å². The van der Waals surface area contributed by atoms with Crippen LogP contribution in [0.4, 0.5) is 11.4 Å². The number of rotatable bonds is 9. The molecule has 0 fully saturated rings. The molecule has 4 aromatic rings. The zero-order valence-electron chi connectivity index (χ0n) is 25.0. The Balaban J connectivity index is 1.52. The number of nitrogens with one attached hydrogen (secondary N) is 1. The number of benzene rings is 3. The highest BCUT2D eigenvalue weighted by Crippen LogP contribution is 2.30. The Bertz CT molecular complexity index is 1700. The Hall–Kier alpha value is -4.43. The Kier molecular flexibility index (Phi) is 10.0. The first-order valence-electron chi connectivity index (χ1n) is 13.7. The summed E-state index contributed by atoms with van der Waals surface area (Å²) < 4.78 is 34.1. The lowest BCUT2D eigenvalue weighted by Gasteiger charge is -2.30. The van der Waals surface area contributed by atoms with Gasteiger partial charge in [-0.3, -0.25) is 18.6 Å². The summed E-state index contributed by atoms with van der Waals surface area (Å²) >= 11 is -2.44. The maximum absolute atomic E-state index is 13.2. The molecule has 0 aliphatic heterocycles. The molecule has 0 saturated carbocycles. The molecule has 0 bridgehead atoms. The molecule has 0 aliphatic rings. The fraction of sp³-hybridized carbons (Fsp3) is 0.273. The Morgan fingerprint density at radius 3 is 2.21 bits per heavy atom. The molecule has 2 N–H and O–H groups in total. The zero-order valence-corrected chi connectivity index (χ0v) is 25.8. The van der Waals surface area contributed by atoms with Crippen molar-refractivity contribution < 1.29 is 27.5 Å². The van der Waals surface area contributed by atoms with Gasteiger partial charge in [-0.1, -0.05) is 56.0 Å². The van der Waals surface area contributed by atoms with Crippen molar-refractivity contribution in [3.63, 3.8) is 0 Å². The predicted molar refractivity (Wildman–Crippen MR) is 170 cm³/mol. The van der Waals surface area contributed by atoms with E-state index in [4.69, 9.17) is 9.15 Å². The lowest BCUT2D eigenvalue weighted by Crippen LogP contribution is -2.46. The van der Waals surface area contributed by atoms with Gasteiger partial charge in [-0.05, 0) is 74.5 Å². The van der Waals surface area contributed by atoms with E-state index in [9.17, 15) is 18.4 Å². The van der Waals surface area contributed by atoms with Gasteiger partial charge in [-0.15, -0.1) is 0 Å². The molecule has 9 nitrogen and oxygen atoms in total. The maximum atomic E-state index is 13.2. The Morgan fingerprint density at radius 1 is 1.02 bits per heavy atom. The SMILES string of the molecule is COC(=O)C(C(C)C)N(c1ccc(-c2ccc(NC(=O)c3oc4cccc(C#CCN(C)C)c4c3C)cc2)cc1)S(=O)O. The summed E-state index contributed by atoms with van der Waals surface area (Å²) in [5.74, 6) is 5.33. The van der Waals surface area contributed by atoms with Crippen molar-refractivity contribution in [2.24, 2.45) is 5.92 Å². The van der Waals surface area contributed by atoms with Crippen LogP contribution in [0.25, 0.3) is 22.1 Å². The summed E-state index contributed by atoms with van der Waals surface area (Å²) in [6.07, 6.45) is 0. The normalized spacial score (nSPS) is 12.5. The fourth-order valence-corrected chi connectivity index (χ4v) is 5.58. The number of furan rings is 1. The fourth-order valence-electron chi connectivity index (χ4n) is 4.76. The maximum Gasteiger partial charge on any atom is 0.329 e. The van der Waals surface area contributed by atoms with Gasteiger partial charge in [-0.2, -0.15) is 0 Å². The monoisotopic (exact) mass is 601 g/mol. The van der Waals surface area contributed by atoms with E-state index in [1.807, 2.05) is 56.3 Å². The third-order valence-corrected chi connectivity index (χ3v) is 7.65. The number of esters is 1. The van der Waals surface area contributed by atoms with Crippen LogP contribution in [-0.4, -0.2) is 59.3 Å². The summed E-state index contributed by atoms with van der Waals surface area (Å²) in [6.45, 7) is 6.04. The largest absolute Gasteiger partial charge is 0.467 e. The number of fused-ring (bicyclic) bond motifs is 1. The molecule has 1 aromatic heterocycles. The second-order valence-corrected chi connectivity index (χ2v) is 11.5. The number of hydrogen-bond donors (Lipinski definition) is 2. The van der Waals surface area contributed by atoms with E-state index in [1.165, 1.54) is 7.11 Å². The summed E-state index contributed by atoms with van der Waals surface area (Å²) in [5.41, 5.74) is 4.86. The first-order chi connectivity index (χ1) is 20.5. The van der Waals surface area contributed by atoms with Crippen LogP contribution in [0.3, 0.4) is 0 Å². The van der Waals surface area contributed by atoms with Crippen LogP contribution in [0.5, 0.6) is 0 Å². The van der Waals surface area contributed by atoms with Gasteiger partial charge in [0.05, 0.1) is 19.3 Å². The van der Waals surface area contributed by atoms with E-state index in [2.05, 4.69) is 17.2 Å². The molecule has 0 aliphatic carbocycles. The van der Waals surface area contributed by atoms with Crippen molar-refractivity contribution in [3.05, 3.63) is 83.6 Å². The minimum Gasteiger partial charge on any atom is -0.467 e. The molecular weight excluding hydrogens is 566 g/mol. The third-order valence-electron chi connectivity index (χ3n) is 6.87. The molecule has 3 aromatic carbocycles. The average Bonchev–Trinajstić information content (AvgIpc) is 3.32. The number of amides is 1. The molecule has 43 heavy (non-hydrogen) atoms. The number of ether oxygens (including phenoxy) is 1. The number of carbonyl (C=O) groups excluding carboxylic acids is 2. The second-order valence-electron chi connectivity index (χ2n) is 10.6. The average molecular weight is 602 g/mol.